The molecule has 0 aromatic heterocycles. The third kappa shape index (κ3) is 2.91. The van der Waals surface area contributed by atoms with Crippen LogP contribution < -0.4 is 10.6 Å². The minimum atomic E-state index is -1.20. The van der Waals surface area contributed by atoms with Gasteiger partial charge in [0, 0.05) is 0 Å². The zero-order valence-electron chi connectivity index (χ0n) is 11.3. The summed E-state index contributed by atoms with van der Waals surface area (Å²) in [7, 11) is 0. The number of carboxylic acids is 1. The third-order valence-corrected chi connectivity index (χ3v) is 3.60. The fraction of sp³-hybridized carbons (Fsp3) is 0.429. The monoisotopic (exact) mass is 278 g/mol. The van der Waals surface area contributed by atoms with Gasteiger partial charge >= 0.3 is 5.97 Å². The molecule has 4 N–H and O–H groups in total. The van der Waals surface area contributed by atoms with E-state index in [1.165, 1.54) is 12.1 Å². The van der Waals surface area contributed by atoms with E-state index >= 15 is 0 Å². The second-order valence-electron chi connectivity index (χ2n) is 5.21. The van der Waals surface area contributed by atoms with Crippen molar-refractivity contribution in [3.8, 4) is 5.75 Å². The number of carboxylic acid groups (broad SMARTS) is 1. The molecule has 1 aromatic carbocycles. The van der Waals surface area contributed by atoms with Crippen molar-refractivity contribution in [3.63, 3.8) is 0 Å². The third-order valence-electron chi connectivity index (χ3n) is 3.60. The minimum Gasteiger partial charge on any atom is -0.508 e. The minimum absolute atomic E-state index is 0.127. The quantitative estimate of drug-likeness (QED) is 0.629. The first-order valence-corrected chi connectivity index (χ1v) is 6.55. The van der Waals surface area contributed by atoms with Crippen LogP contribution in [0.2, 0.25) is 0 Å². The van der Waals surface area contributed by atoms with E-state index < -0.39 is 11.5 Å². The molecule has 1 unspecified atom stereocenters. The fourth-order valence-corrected chi connectivity index (χ4v) is 2.33. The van der Waals surface area contributed by atoms with E-state index in [1.807, 2.05) is 6.92 Å². The zero-order chi connectivity index (χ0) is 14.8. The predicted octanol–water partition coefficient (Wildman–Crippen LogP) is 1.56. The standard InChI is InChI=1S/C14H18N2O4/c1-14(6-2-3-7-15-14)13(20)16-11-5-4-9(17)8-10(11)12(18)19/h4-5,8,15,17H,2-3,6-7H2,1H3,(H,16,20)(H,18,19). The number of nitrogens with one attached hydrogen (secondary N) is 2. The summed E-state index contributed by atoms with van der Waals surface area (Å²) < 4.78 is 0. The van der Waals surface area contributed by atoms with Crippen LogP contribution in [0, 0.1) is 0 Å². The van der Waals surface area contributed by atoms with Gasteiger partial charge in [0.2, 0.25) is 5.91 Å². The summed E-state index contributed by atoms with van der Waals surface area (Å²) in [4.78, 5) is 23.5. The number of rotatable bonds is 3. The van der Waals surface area contributed by atoms with Crippen molar-refractivity contribution in [1.82, 2.24) is 5.32 Å². The highest BCUT2D eigenvalue weighted by Gasteiger charge is 2.34. The van der Waals surface area contributed by atoms with Crippen molar-refractivity contribution in [2.24, 2.45) is 0 Å². The highest BCUT2D eigenvalue weighted by atomic mass is 16.4. The predicted molar refractivity (Wildman–Crippen MR) is 74.0 cm³/mol. The average Bonchev–Trinajstić information content (AvgIpc) is 2.41. The molecule has 1 saturated heterocycles. The van der Waals surface area contributed by atoms with Crippen LogP contribution in [-0.2, 0) is 4.79 Å². The molecule has 6 heteroatoms. The summed E-state index contributed by atoms with van der Waals surface area (Å²) in [6.45, 7) is 2.58. The van der Waals surface area contributed by atoms with Gasteiger partial charge in [-0.15, -0.1) is 0 Å². The van der Waals surface area contributed by atoms with E-state index in [0.29, 0.717) is 6.42 Å². The molecule has 1 aliphatic heterocycles. The Labute approximate surface area is 116 Å². The maximum atomic E-state index is 12.3. The second-order valence-corrected chi connectivity index (χ2v) is 5.21. The molecule has 0 radical (unpaired) electrons. The molecular formula is C14H18N2O4. The van der Waals surface area contributed by atoms with Crippen molar-refractivity contribution in [1.29, 1.82) is 0 Å². The van der Waals surface area contributed by atoms with Crippen LogP contribution in [0.1, 0.15) is 36.5 Å². The lowest BCUT2D eigenvalue weighted by atomic mass is 9.90. The molecule has 1 fully saturated rings. The fourth-order valence-electron chi connectivity index (χ4n) is 2.33. The lowest BCUT2D eigenvalue weighted by Gasteiger charge is -2.33. The topological polar surface area (TPSA) is 98.7 Å². The summed E-state index contributed by atoms with van der Waals surface area (Å²) in [6, 6.07) is 3.86. The number of aromatic carboxylic acids is 1. The number of phenols is 1. The number of carbonyl (C=O) groups excluding carboxylic acids is 1. The van der Waals surface area contributed by atoms with Gasteiger partial charge < -0.3 is 20.8 Å². The van der Waals surface area contributed by atoms with Crippen LogP contribution in [0.3, 0.4) is 0 Å². The van der Waals surface area contributed by atoms with Gasteiger partial charge in [0.05, 0.1) is 16.8 Å². The van der Waals surface area contributed by atoms with E-state index in [-0.39, 0.29) is 22.9 Å². The number of hydrogen-bond acceptors (Lipinski definition) is 4. The molecule has 0 aliphatic carbocycles. The van der Waals surface area contributed by atoms with Gasteiger partial charge in [-0.2, -0.15) is 0 Å². The number of benzene rings is 1. The lowest BCUT2D eigenvalue weighted by Crippen LogP contribution is -2.54. The Morgan fingerprint density at radius 1 is 1.35 bits per heavy atom. The van der Waals surface area contributed by atoms with Crippen LogP contribution in [0.25, 0.3) is 0 Å². The van der Waals surface area contributed by atoms with E-state index in [2.05, 4.69) is 10.6 Å². The first-order valence-electron chi connectivity index (χ1n) is 6.55. The van der Waals surface area contributed by atoms with Gasteiger partial charge in [-0.25, -0.2) is 4.79 Å². The molecule has 1 aliphatic rings. The van der Waals surface area contributed by atoms with Crippen LogP contribution >= 0.6 is 0 Å². The van der Waals surface area contributed by atoms with Crippen molar-refractivity contribution in [2.45, 2.75) is 31.7 Å². The van der Waals surface area contributed by atoms with E-state index in [0.717, 1.165) is 25.5 Å². The lowest BCUT2D eigenvalue weighted by molar-refractivity contribution is -0.122. The number of phenolic OH excluding ortho intramolecular Hbond substituents is 1. The highest BCUT2D eigenvalue weighted by Crippen LogP contribution is 2.25. The Hall–Kier alpha value is -2.08. The van der Waals surface area contributed by atoms with Crippen LogP contribution in [-0.4, -0.2) is 34.2 Å². The maximum absolute atomic E-state index is 12.3. The van der Waals surface area contributed by atoms with Gasteiger partial charge in [-0.05, 0) is 50.9 Å². The molecule has 1 aromatic rings. The maximum Gasteiger partial charge on any atom is 0.337 e. The normalized spacial score (nSPS) is 22.2. The van der Waals surface area contributed by atoms with E-state index in [4.69, 9.17) is 5.11 Å². The largest absolute Gasteiger partial charge is 0.508 e. The number of anilines is 1. The van der Waals surface area contributed by atoms with E-state index in [9.17, 15) is 14.7 Å². The summed E-state index contributed by atoms with van der Waals surface area (Å²) in [5, 5.41) is 24.2. The molecule has 0 saturated carbocycles. The van der Waals surface area contributed by atoms with Gasteiger partial charge in [-0.3, -0.25) is 4.79 Å². The highest BCUT2D eigenvalue weighted by molar-refractivity contribution is 6.03. The number of hydrogen-bond donors (Lipinski definition) is 4. The Kier molecular flexibility index (Phi) is 3.94. The van der Waals surface area contributed by atoms with Gasteiger partial charge in [0.25, 0.3) is 0 Å². The van der Waals surface area contributed by atoms with Gasteiger partial charge in [0.15, 0.2) is 0 Å². The molecule has 20 heavy (non-hydrogen) atoms. The Morgan fingerprint density at radius 2 is 2.10 bits per heavy atom. The smallest absolute Gasteiger partial charge is 0.337 e. The summed E-state index contributed by atoms with van der Waals surface area (Å²) >= 11 is 0. The molecule has 0 bridgehead atoms. The number of aromatic hydroxyl groups is 1. The average molecular weight is 278 g/mol. The Bertz CT molecular complexity index is 536. The van der Waals surface area contributed by atoms with Gasteiger partial charge in [-0.1, -0.05) is 0 Å². The van der Waals surface area contributed by atoms with Crippen molar-refractivity contribution < 1.29 is 19.8 Å². The van der Waals surface area contributed by atoms with Crippen LogP contribution in [0.5, 0.6) is 5.75 Å². The van der Waals surface area contributed by atoms with Crippen LogP contribution in [0.15, 0.2) is 18.2 Å². The second kappa shape index (κ2) is 5.50. The number of carbonyl (C=O) groups is 2. The van der Waals surface area contributed by atoms with Crippen molar-refractivity contribution in [3.05, 3.63) is 23.8 Å². The molecular weight excluding hydrogens is 260 g/mol. The van der Waals surface area contributed by atoms with Crippen molar-refractivity contribution in [2.75, 3.05) is 11.9 Å². The summed E-state index contributed by atoms with van der Waals surface area (Å²) in [6.07, 6.45) is 2.69. The molecule has 1 atom stereocenters. The molecule has 108 valence electrons. The molecule has 0 spiro atoms. The molecule has 6 nitrogen and oxygen atoms in total. The summed E-state index contributed by atoms with van der Waals surface area (Å²) in [5.74, 6) is -1.61. The first kappa shape index (κ1) is 14.3. The van der Waals surface area contributed by atoms with E-state index in [1.54, 1.807) is 0 Å². The molecule has 2 rings (SSSR count). The Balaban J connectivity index is 2.21. The molecule has 1 heterocycles. The SMILES string of the molecule is CC1(C(=O)Nc2ccc(O)cc2C(=O)O)CCCCN1. The number of piperidine rings is 1. The number of amides is 1. The van der Waals surface area contributed by atoms with Gasteiger partial charge in [0.1, 0.15) is 5.75 Å². The Morgan fingerprint density at radius 3 is 2.70 bits per heavy atom. The summed E-state index contributed by atoms with van der Waals surface area (Å²) in [5.41, 5.74) is -0.627. The zero-order valence-corrected chi connectivity index (χ0v) is 11.3. The first-order chi connectivity index (χ1) is 9.42. The van der Waals surface area contributed by atoms with Crippen LogP contribution in [0.4, 0.5) is 5.69 Å². The molecule has 1 amide bonds. The van der Waals surface area contributed by atoms with Crippen molar-refractivity contribution >= 4 is 17.6 Å².